The van der Waals surface area contributed by atoms with Gasteiger partial charge in [-0.15, -0.1) is 0 Å². The van der Waals surface area contributed by atoms with Gasteiger partial charge in [0.1, 0.15) is 0 Å². The van der Waals surface area contributed by atoms with Gasteiger partial charge in [-0.05, 0) is 76.1 Å². The second-order valence-corrected chi connectivity index (χ2v) is 9.97. The number of methoxy groups -OCH3 is 1. The van der Waals surface area contributed by atoms with Crippen molar-refractivity contribution in [3.05, 3.63) is 63.8 Å². The molecule has 0 fully saturated rings. The van der Waals surface area contributed by atoms with Gasteiger partial charge >= 0.3 is 5.91 Å². The number of carbonyl (C=O) groups is 1. The minimum absolute atomic E-state index is 0.0559. The zero-order valence-electron chi connectivity index (χ0n) is 19.7. The Hall–Kier alpha value is -3.06. The number of benzene rings is 2. The summed E-state index contributed by atoms with van der Waals surface area (Å²) in [6.07, 6.45) is 3.94. The number of amides is 1. The topological polar surface area (TPSA) is 67.1 Å². The molecule has 0 atom stereocenters. The summed E-state index contributed by atoms with van der Waals surface area (Å²) in [5.41, 5.74) is 7.53. The van der Waals surface area contributed by atoms with Crippen molar-refractivity contribution in [2.24, 2.45) is 5.10 Å². The predicted octanol–water partition coefficient (Wildman–Crippen LogP) is 6.38. The summed E-state index contributed by atoms with van der Waals surface area (Å²) < 4.78 is 11.9. The molecule has 0 saturated heterocycles. The Morgan fingerprint density at radius 2 is 2.00 bits per heavy atom. The van der Waals surface area contributed by atoms with E-state index in [9.17, 15) is 4.79 Å². The average Bonchev–Trinajstić information content (AvgIpc) is 3.16. The molecular weight excluding hydrogens is 482 g/mol. The van der Waals surface area contributed by atoms with Gasteiger partial charge in [0.05, 0.1) is 18.9 Å². The fourth-order valence-corrected chi connectivity index (χ4v) is 5.12. The van der Waals surface area contributed by atoms with Crippen molar-refractivity contribution < 1.29 is 13.9 Å². The standard InChI is InChI=1S/C26H28BrN3O3/c1-15(2)30-21-8-7-17(9-20(21)16(3)13-26(30,4)5)14-28-29-25(31)23-11-18-10-19(27)12-22(32-6)24(18)33-23/h7-15H,1-6H3,(H,29,31)/b28-14+. The van der Waals surface area contributed by atoms with Crippen LogP contribution in [0.15, 0.2) is 56.5 Å². The lowest BCUT2D eigenvalue weighted by molar-refractivity contribution is 0.0929. The molecule has 2 heterocycles. The van der Waals surface area contributed by atoms with Crippen molar-refractivity contribution in [3.8, 4) is 5.75 Å². The minimum Gasteiger partial charge on any atom is -0.493 e. The first-order valence-electron chi connectivity index (χ1n) is 10.8. The van der Waals surface area contributed by atoms with Crippen molar-refractivity contribution in [2.45, 2.75) is 46.2 Å². The molecule has 3 aromatic rings. The Morgan fingerprint density at radius 1 is 1.24 bits per heavy atom. The molecule has 2 aromatic carbocycles. The van der Waals surface area contributed by atoms with Crippen LogP contribution in [-0.4, -0.2) is 30.8 Å². The molecule has 33 heavy (non-hydrogen) atoms. The predicted molar refractivity (Wildman–Crippen MR) is 137 cm³/mol. The third-order valence-electron chi connectivity index (χ3n) is 5.78. The van der Waals surface area contributed by atoms with Gasteiger partial charge in [-0.2, -0.15) is 5.10 Å². The molecule has 1 aromatic heterocycles. The number of allylic oxidation sites excluding steroid dienone is 1. The molecule has 172 valence electrons. The van der Waals surface area contributed by atoms with Gasteiger partial charge < -0.3 is 14.1 Å². The minimum atomic E-state index is -0.428. The number of nitrogens with zero attached hydrogens (tertiary/aromatic N) is 2. The van der Waals surface area contributed by atoms with E-state index in [-0.39, 0.29) is 11.3 Å². The van der Waals surface area contributed by atoms with Gasteiger partial charge in [0.25, 0.3) is 0 Å². The summed E-state index contributed by atoms with van der Waals surface area (Å²) in [7, 11) is 1.56. The van der Waals surface area contributed by atoms with E-state index < -0.39 is 5.91 Å². The zero-order valence-corrected chi connectivity index (χ0v) is 21.3. The second kappa shape index (κ2) is 8.71. The quantitative estimate of drug-likeness (QED) is 0.320. The Balaban J connectivity index is 1.54. The summed E-state index contributed by atoms with van der Waals surface area (Å²) in [4.78, 5) is 15.0. The van der Waals surface area contributed by atoms with Gasteiger partial charge in [0.15, 0.2) is 17.1 Å². The number of anilines is 1. The van der Waals surface area contributed by atoms with E-state index in [1.165, 1.54) is 16.8 Å². The van der Waals surface area contributed by atoms with Crippen LogP contribution in [-0.2, 0) is 0 Å². The van der Waals surface area contributed by atoms with E-state index in [1.54, 1.807) is 25.5 Å². The number of furan rings is 1. The van der Waals surface area contributed by atoms with Crippen LogP contribution < -0.4 is 15.1 Å². The first-order valence-corrected chi connectivity index (χ1v) is 11.6. The highest BCUT2D eigenvalue weighted by molar-refractivity contribution is 9.10. The Morgan fingerprint density at radius 3 is 2.70 bits per heavy atom. The largest absolute Gasteiger partial charge is 0.493 e. The third-order valence-corrected chi connectivity index (χ3v) is 6.24. The molecule has 0 unspecified atom stereocenters. The number of ether oxygens (including phenoxy) is 1. The van der Waals surface area contributed by atoms with Crippen LogP contribution in [0.1, 0.15) is 56.3 Å². The number of nitrogens with one attached hydrogen (secondary N) is 1. The van der Waals surface area contributed by atoms with Crippen molar-refractivity contribution in [3.63, 3.8) is 0 Å². The number of fused-ring (bicyclic) bond motifs is 2. The summed E-state index contributed by atoms with van der Waals surface area (Å²) >= 11 is 3.43. The van der Waals surface area contributed by atoms with Crippen molar-refractivity contribution in [2.75, 3.05) is 12.0 Å². The number of hydrogen-bond donors (Lipinski definition) is 1. The number of hydrazone groups is 1. The third kappa shape index (κ3) is 4.42. The number of halogens is 1. The van der Waals surface area contributed by atoms with Gasteiger partial charge in [0, 0.05) is 27.2 Å². The van der Waals surface area contributed by atoms with E-state index in [0.717, 1.165) is 15.4 Å². The van der Waals surface area contributed by atoms with E-state index in [1.807, 2.05) is 12.1 Å². The molecule has 0 radical (unpaired) electrons. The maximum Gasteiger partial charge on any atom is 0.307 e. The number of hydrogen-bond acceptors (Lipinski definition) is 5. The fourth-order valence-electron chi connectivity index (χ4n) is 4.66. The monoisotopic (exact) mass is 509 g/mol. The molecule has 0 saturated carbocycles. The zero-order chi connectivity index (χ0) is 23.9. The molecule has 6 nitrogen and oxygen atoms in total. The van der Waals surface area contributed by atoms with Crippen LogP contribution in [0.2, 0.25) is 0 Å². The van der Waals surface area contributed by atoms with Crippen molar-refractivity contribution in [1.29, 1.82) is 0 Å². The van der Waals surface area contributed by atoms with E-state index in [0.29, 0.717) is 17.4 Å². The molecule has 1 aliphatic heterocycles. The number of rotatable bonds is 5. The Kier molecular flexibility index (Phi) is 6.10. The highest BCUT2D eigenvalue weighted by Gasteiger charge is 2.32. The molecule has 0 spiro atoms. The molecule has 0 aliphatic carbocycles. The summed E-state index contributed by atoms with van der Waals surface area (Å²) in [5, 5.41) is 4.92. The van der Waals surface area contributed by atoms with Gasteiger partial charge in [0.2, 0.25) is 0 Å². The summed E-state index contributed by atoms with van der Waals surface area (Å²) in [6, 6.07) is 11.9. The van der Waals surface area contributed by atoms with E-state index in [4.69, 9.17) is 9.15 Å². The highest BCUT2D eigenvalue weighted by Crippen LogP contribution is 2.40. The Labute approximate surface area is 202 Å². The first-order chi connectivity index (χ1) is 15.6. The SMILES string of the molecule is COc1cc(Br)cc2cc(C(=O)N/N=C/c3ccc4c(c3)C(C)=CC(C)(C)N4C(C)C)oc12. The van der Waals surface area contributed by atoms with Gasteiger partial charge in [-0.3, -0.25) is 4.79 Å². The summed E-state index contributed by atoms with van der Waals surface area (Å²) in [5.74, 6) is 0.290. The lowest BCUT2D eigenvalue weighted by Gasteiger charge is -2.46. The molecule has 4 rings (SSSR count). The second-order valence-electron chi connectivity index (χ2n) is 9.06. The molecule has 0 bridgehead atoms. The smallest absolute Gasteiger partial charge is 0.307 e. The van der Waals surface area contributed by atoms with Crippen molar-refractivity contribution in [1.82, 2.24) is 5.43 Å². The maximum absolute atomic E-state index is 12.6. The van der Waals surface area contributed by atoms with E-state index in [2.05, 4.69) is 84.2 Å². The van der Waals surface area contributed by atoms with Gasteiger partial charge in [-0.1, -0.05) is 28.1 Å². The molecule has 1 aliphatic rings. The Bertz CT molecular complexity index is 1290. The maximum atomic E-state index is 12.6. The van der Waals surface area contributed by atoms with Crippen LogP contribution in [0.25, 0.3) is 16.5 Å². The first kappa shape index (κ1) is 23.1. The highest BCUT2D eigenvalue weighted by atomic mass is 79.9. The van der Waals surface area contributed by atoms with Gasteiger partial charge in [-0.25, -0.2) is 5.43 Å². The van der Waals surface area contributed by atoms with Crippen LogP contribution in [0, 0.1) is 0 Å². The fraction of sp³-hybridized carbons (Fsp3) is 0.308. The number of carbonyl (C=O) groups excluding carboxylic acids is 1. The van der Waals surface area contributed by atoms with Crippen LogP contribution in [0.4, 0.5) is 5.69 Å². The van der Waals surface area contributed by atoms with Crippen LogP contribution in [0.3, 0.4) is 0 Å². The van der Waals surface area contributed by atoms with Crippen LogP contribution >= 0.6 is 15.9 Å². The lowest BCUT2D eigenvalue weighted by atomic mass is 9.87. The van der Waals surface area contributed by atoms with Crippen molar-refractivity contribution >= 4 is 50.3 Å². The summed E-state index contributed by atoms with van der Waals surface area (Å²) in [6.45, 7) is 11.0. The van der Waals surface area contributed by atoms with Crippen LogP contribution in [0.5, 0.6) is 5.75 Å². The molecule has 1 amide bonds. The average molecular weight is 510 g/mol. The van der Waals surface area contributed by atoms with E-state index >= 15 is 0 Å². The normalized spacial score (nSPS) is 15.2. The molecule has 7 heteroatoms. The molecule has 1 N–H and O–H groups in total. The lowest BCUT2D eigenvalue weighted by Crippen LogP contribution is -2.49. The molecular formula is C26H28BrN3O3.